The average molecular weight is 348 g/mol. The minimum Gasteiger partial charge on any atom is -0.478 e. The number of benzene rings is 2. The number of aromatic carboxylic acids is 1. The number of rotatable bonds is 4. The van der Waals surface area contributed by atoms with Gasteiger partial charge in [-0.1, -0.05) is 51.6 Å². The third-order valence-corrected chi connectivity index (χ3v) is 6.29. The number of fused-ring (bicyclic) bond motifs is 1. The molecule has 136 valence electrons. The van der Waals surface area contributed by atoms with Gasteiger partial charge in [-0.2, -0.15) is 0 Å². The van der Waals surface area contributed by atoms with Crippen molar-refractivity contribution in [1.29, 1.82) is 0 Å². The zero-order valence-corrected chi connectivity index (χ0v) is 16.2. The van der Waals surface area contributed by atoms with Crippen LogP contribution >= 0.6 is 0 Å². The fourth-order valence-electron chi connectivity index (χ4n) is 4.14. The Morgan fingerprint density at radius 2 is 1.85 bits per heavy atom. The summed E-state index contributed by atoms with van der Waals surface area (Å²) in [5.41, 5.74) is 7.84. The Hall–Kier alpha value is -2.35. The maximum absolute atomic E-state index is 11.1. The minimum atomic E-state index is -0.903. The highest BCUT2D eigenvalue weighted by Crippen LogP contribution is 2.46. The van der Waals surface area contributed by atoms with Crippen LogP contribution in [0.1, 0.15) is 84.1 Å². The van der Waals surface area contributed by atoms with E-state index in [0.717, 1.165) is 17.6 Å². The Morgan fingerprint density at radius 1 is 1.23 bits per heavy atom. The molecule has 3 rings (SSSR count). The SMILES string of the molecule is C=C(c1ccc(C(=O)O)cc1)c1cc2c(cc1C)C(C)(CC)CCC2C. The van der Waals surface area contributed by atoms with Crippen LogP contribution in [0.5, 0.6) is 0 Å². The third kappa shape index (κ3) is 3.09. The Balaban J connectivity index is 2.05. The highest BCUT2D eigenvalue weighted by molar-refractivity contribution is 5.89. The third-order valence-electron chi connectivity index (χ3n) is 6.29. The van der Waals surface area contributed by atoms with E-state index in [2.05, 4.69) is 46.4 Å². The van der Waals surface area contributed by atoms with E-state index in [1.807, 2.05) is 12.1 Å². The second-order valence-corrected chi connectivity index (χ2v) is 7.97. The van der Waals surface area contributed by atoms with Gasteiger partial charge in [-0.05, 0) is 83.0 Å². The number of carbonyl (C=O) groups is 1. The van der Waals surface area contributed by atoms with Crippen molar-refractivity contribution in [3.8, 4) is 0 Å². The molecule has 0 fully saturated rings. The Kier molecular flexibility index (Phi) is 4.79. The Labute approximate surface area is 156 Å². The summed E-state index contributed by atoms with van der Waals surface area (Å²) in [6.07, 6.45) is 3.62. The van der Waals surface area contributed by atoms with Crippen molar-refractivity contribution in [3.05, 3.63) is 76.4 Å². The lowest BCUT2D eigenvalue weighted by Crippen LogP contribution is -2.28. The van der Waals surface area contributed by atoms with Crippen LogP contribution in [0.15, 0.2) is 43.0 Å². The average Bonchev–Trinajstić information content (AvgIpc) is 2.64. The van der Waals surface area contributed by atoms with Gasteiger partial charge in [0.1, 0.15) is 0 Å². The van der Waals surface area contributed by atoms with Crippen LogP contribution in [0.2, 0.25) is 0 Å². The largest absolute Gasteiger partial charge is 0.478 e. The van der Waals surface area contributed by atoms with E-state index >= 15 is 0 Å². The molecule has 1 N–H and O–H groups in total. The highest BCUT2D eigenvalue weighted by Gasteiger charge is 2.34. The van der Waals surface area contributed by atoms with Crippen molar-refractivity contribution in [1.82, 2.24) is 0 Å². The minimum absolute atomic E-state index is 0.260. The van der Waals surface area contributed by atoms with Gasteiger partial charge in [0.2, 0.25) is 0 Å². The molecule has 0 radical (unpaired) electrons. The molecular formula is C24H28O2. The number of aryl methyl sites for hydroxylation is 1. The lowest BCUT2D eigenvalue weighted by molar-refractivity contribution is 0.0697. The molecule has 0 aromatic heterocycles. The summed E-state index contributed by atoms with van der Waals surface area (Å²) in [5.74, 6) is -0.342. The molecule has 0 amide bonds. The van der Waals surface area contributed by atoms with Gasteiger partial charge in [0, 0.05) is 0 Å². The Bertz CT molecular complexity index is 861. The van der Waals surface area contributed by atoms with E-state index < -0.39 is 5.97 Å². The van der Waals surface area contributed by atoms with Crippen LogP contribution in [0.3, 0.4) is 0 Å². The van der Waals surface area contributed by atoms with E-state index in [0.29, 0.717) is 11.5 Å². The standard InChI is InChI=1S/C24H28O2/c1-6-24(5)12-11-15(2)21-14-20(16(3)13-22(21)24)17(4)18-7-9-19(10-8-18)23(25)26/h7-10,13-15H,4,6,11-12H2,1-3,5H3,(H,25,26). The maximum atomic E-state index is 11.1. The van der Waals surface area contributed by atoms with Crippen molar-refractivity contribution < 1.29 is 9.90 Å². The molecule has 0 aliphatic heterocycles. The van der Waals surface area contributed by atoms with E-state index in [1.54, 1.807) is 12.1 Å². The van der Waals surface area contributed by atoms with Crippen LogP contribution < -0.4 is 0 Å². The zero-order chi connectivity index (χ0) is 19.1. The van der Waals surface area contributed by atoms with Crippen LogP contribution in [0.4, 0.5) is 0 Å². The van der Waals surface area contributed by atoms with Gasteiger partial charge in [0.05, 0.1) is 5.56 Å². The zero-order valence-electron chi connectivity index (χ0n) is 16.2. The van der Waals surface area contributed by atoms with Gasteiger partial charge < -0.3 is 5.11 Å². The van der Waals surface area contributed by atoms with Gasteiger partial charge in [-0.25, -0.2) is 4.79 Å². The quantitative estimate of drug-likeness (QED) is 0.702. The van der Waals surface area contributed by atoms with Crippen molar-refractivity contribution in [3.63, 3.8) is 0 Å². The molecule has 2 unspecified atom stereocenters. The molecule has 2 aromatic carbocycles. The predicted octanol–water partition coefficient (Wildman–Crippen LogP) is 6.32. The summed E-state index contributed by atoms with van der Waals surface area (Å²) in [4.78, 5) is 11.1. The molecule has 0 bridgehead atoms. The molecule has 26 heavy (non-hydrogen) atoms. The molecule has 2 atom stereocenters. The van der Waals surface area contributed by atoms with Crippen LogP contribution in [-0.2, 0) is 5.41 Å². The van der Waals surface area contributed by atoms with Crippen molar-refractivity contribution >= 4 is 11.5 Å². The second-order valence-electron chi connectivity index (χ2n) is 7.97. The number of hydrogen-bond donors (Lipinski definition) is 1. The molecule has 0 spiro atoms. The molecule has 0 saturated heterocycles. The van der Waals surface area contributed by atoms with Crippen molar-refractivity contribution in [2.24, 2.45) is 0 Å². The lowest BCUT2D eigenvalue weighted by atomic mass is 9.66. The van der Waals surface area contributed by atoms with Crippen molar-refractivity contribution in [2.45, 2.75) is 58.3 Å². The molecule has 1 aliphatic carbocycles. The van der Waals surface area contributed by atoms with Crippen LogP contribution in [0.25, 0.3) is 5.57 Å². The first-order valence-electron chi connectivity index (χ1n) is 9.45. The van der Waals surface area contributed by atoms with Gasteiger partial charge in [-0.3, -0.25) is 0 Å². The maximum Gasteiger partial charge on any atom is 0.335 e. The number of hydrogen-bond acceptors (Lipinski definition) is 1. The highest BCUT2D eigenvalue weighted by atomic mass is 16.4. The van der Waals surface area contributed by atoms with E-state index in [9.17, 15) is 4.79 Å². The second kappa shape index (κ2) is 6.75. The molecular weight excluding hydrogens is 320 g/mol. The monoisotopic (exact) mass is 348 g/mol. The van der Waals surface area contributed by atoms with Gasteiger partial charge in [0.25, 0.3) is 0 Å². The lowest BCUT2D eigenvalue weighted by Gasteiger charge is -2.39. The first kappa shape index (κ1) is 18.4. The summed E-state index contributed by atoms with van der Waals surface area (Å²) in [6.45, 7) is 13.5. The summed E-state index contributed by atoms with van der Waals surface area (Å²) in [5, 5.41) is 9.09. The molecule has 2 nitrogen and oxygen atoms in total. The van der Waals surface area contributed by atoms with E-state index in [4.69, 9.17) is 5.11 Å². The molecule has 0 heterocycles. The summed E-state index contributed by atoms with van der Waals surface area (Å²) in [7, 11) is 0. The van der Waals surface area contributed by atoms with Gasteiger partial charge in [-0.15, -0.1) is 0 Å². The summed E-state index contributed by atoms with van der Waals surface area (Å²) >= 11 is 0. The fourth-order valence-corrected chi connectivity index (χ4v) is 4.14. The van der Waals surface area contributed by atoms with Gasteiger partial charge >= 0.3 is 5.97 Å². The van der Waals surface area contributed by atoms with Gasteiger partial charge in [0.15, 0.2) is 0 Å². The normalized spacial score (nSPS) is 21.9. The molecule has 0 saturated carbocycles. The Morgan fingerprint density at radius 3 is 2.42 bits per heavy atom. The van der Waals surface area contributed by atoms with Crippen LogP contribution in [-0.4, -0.2) is 11.1 Å². The predicted molar refractivity (Wildman–Crippen MR) is 108 cm³/mol. The fraction of sp³-hybridized carbons (Fsp3) is 0.375. The molecule has 2 aromatic rings. The number of carboxylic acids is 1. The summed E-state index contributed by atoms with van der Waals surface area (Å²) in [6, 6.07) is 11.7. The van der Waals surface area contributed by atoms with Crippen LogP contribution in [0, 0.1) is 6.92 Å². The molecule has 1 aliphatic rings. The first-order valence-corrected chi connectivity index (χ1v) is 9.45. The van der Waals surface area contributed by atoms with Crippen molar-refractivity contribution in [2.75, 3.05) is 0 Å². The topological polar surface area (TPSA) is 37.3 Å². The number of carboxylic acid groups (broad SMARTS) is 1. The first-order chi connectivity index (χ1) is 12.3. The van der Waals surface area contributed by atoms with E-state index in [1.165, 1.54) is 35.1 Å². The smallest absolute Gasteiger partial charge is 0.335 e. The van der Waals surface area contributed by atoms with E-state index in [-0.39, 0.29) is 5.41 Å². The summed E-state index contributed by atoms with van der Waals surface area (Å²) < 4.78 is 0. The molecule has 2 heteroatoms.